The lowest BCUT2D eigenvalue weighted by molar-refractivity contribution is -0.164. The zero-order valence-electron chi connectivity index (χ0n) is 14.3. The number of hydrogen-bond donors (Lipinski definition) is 0. The minimum absolute atomic E-state index is 0.383. The first kappa shape index (κ1) is 21.1. The molecule has 126 valence electrons. The molecule has 0 aromatic heterocycles. The minimum atomic E-state index is -2.14. The van der Waals surface area contributed by atoms with E-state index in [-0.39, 0.29) is 0 Å². The number of rotatable bonds is 17. The summed E-state index contributed by atoms with van der Waals surface area (Å²) in [6, 6.07) is 0. The van der Waals surface area contributed by atoms with E-state index >= 15 is 0 Å². The van der Waals surface area contributed by atoms with Crippen LogP contribution in [0, 0.1) is 0 Å². The van der Waals surface area contributed by atoms with E-state index in [0.29, 0.717) is 6.16 Å². The Balaban J connectivity index is 2.95. The Morgan fingerprint density at radius 3 is 1.14 bits per heavy atom. The van der Waals surface area contributed by atoms with Crippen molar-refractivity contribution in [1.82, 2.24) is 0 Å². The first-order chi connectivity index (χ1) is 10.3. The average molecular weight is 316 g/mol. The molecule has 0 radical (unpaired) electrons. The molecular formula is C18H37O2P. The van der Waals surface area contributed by atoms with E-state index in [2.05, 4.69) is 6.92 Å². The molecule has 0 spiro atoms. The SMILES string of the molecule is CCCCCCCCCCCCCCCCCC[P+](=O)[O-]. The lowest BCUT2D eigenvalue weighted by Gasteiger charge is -2.03. The van der Waals surface area contributed by atoms with Crippen LogP contribution in [-0.2, 0) is 4.57 Å². The van der Waals surface area contributed by atoms with Crippen LogP contribution in [0.5, 0.6) is 0 Å². The fourth-order valence-corrected chi connectivity index (χ4v) is 3.27. The molecule has 0 aliphatic carbocycles. The van der Waals surface area contributed by atoms with Gasteiger partial charge in [0.05, 0.1) is 0 Å². The second-order valence-corrected chi connectivity index (χ2v) is 7.47. The van der Waals surface area contributed by atoms with Crippen LogP contribution in [-0.4, -0.2) is 6.16 Å². The molecule has 0 saturated heterocycles. The predicted octanol–water partition coefficient (Wildman–Crippen LogP) is 6.35. The van der Waals surface area contributed by atoms with E-state index in [0.717, 1.165) is 12.8 Å². The van der Waals surface area contributed by atoms with Crippen molar-refractivity contribution in [2.24, 2.45) is 0 Å². The van der Waals surface area contributed by atoms with E-state index in [1.54, 1.807) is 0 Å². The van der Waals surface area contributed by atoms with E-state index in [4.69, 9.17) is 0 Å². The summed E-state index contributed by atoms with van der Waals surface area (Å²) in [6.45, 7) is 2.27. The summed E-state index contributed by atoms with van der Waals surface area (Å²) < 4.78 is 10.4. The fraction of sp³-hybridized carbons (Fsp3) is 1.00. The molecule has 0 heterocycles. The normalized spacial score (nSPS) is 11.8. The molecule has 0 aromatic rings. The van der Waals surface area contributed by atoms with Crippen molar-refractivity contribution in [2.45, 2.75) is 110 Å². The fourth-order valence-electron chi connectivity index (χ4n) is 2.79. The number of hydrogen-bond acceptors (Lipinski definition) is 2. The van der Waals surface area contributed by atoms with Crippen molar-refractivity contribution >= 4 is 8.03 Å². The third-order valence-corrected chi connectivity index (χ3v) is 4.88. The molecule has 0 aliphatic rings. The van der Waals surface area contributed by atoms with Crippen LogP contribution in [0.3, 0.4) is 0 Å². The van der Waals surface area contributed by atoms with Gasteiger partial charge in [0.15, 0.2) is 0 Å². The molecule has 0 rings (SSSR count). The Labute approximate surface area is 134 Å². The van der Waals surface area contributed by atoms with E-state index < -0.39 is 8.03 Å². The minimum Gasteiger partial charge on any atom is -0.596 e. The molecule has 2 nitrogen and oxygen atoms in total. The third-order valence-electron chi connectivity index (χ3n) is 4.19. The molecule has 0 amide bonds. The zero-order chi connectivity index (χ0) is 15.6. The van der Waals surface area contributed by atoms with Gasteiger partial charge in [0, 0.05) is 0 Å². The maximum Gasteiger partial charge on any atom is 0.308 e. The van der Waals surface area contributed by atoms with Gasteiger partial charge in [-0.2, -0.15) is 0 Å². The summed E-state index contributed by atoms with van der Waals surface area (Å²) in [6.07, 6.45) is 21.7. The van der Waals surface area contributed by atoms with Crippen LogP contribution in [0.2, 0.25) is 0 Å². The molecule has 1 atom stereocenters. The van der Waals surface area contributed by atoms with E-state index in [1.165, 1.54) is 89.9 Å². The molecule has 1 unspecified atom stereocenters. The summed E-state index contributed by atoms with van der Waals surface area (Å²) in [5, 5.41) is 0. The Hall–Kier alpha value is 0.0600. The Kier molecular flexibility index (Phi) is 18.2. The molecule has 0 aromatic carbocycles. The average Bonchev–Trinajstić information content (AvgIpc) is 2.46. The van der Waals surface area contributed by atoms with Gasteiger partial charge in [-0.1, -0.05) is 101 Å². The first-order valence-corrected chi connectivity index (χ1v) is 10.8. The van der Waals surface area contributed by atoms with Crippen molar-refractivity contribution in [3.8, 4) is 0 Å². The van der Waals surface area contributed by atoms with E-state index in [9.17, 15) is 9.46 Å². The quantitative estimate of drug-likeness (QED) is 0.232. The van der Waals surface area contributed by atoms with Gasteiger partial charge >= 0.3 is 8.03 Å². The highest BCUT2D eigenvalue weighted by Gasteiger charge is 1.99. The predicted molar refractivity (Wildman–Crippen MR) is 92.0 cm³/mol. The van der Waals surface area contributed by atoms with Crippen LogP contribution in [0.1, 0.15) is 110 Å². The van der Waals surface area contributed by atoms with Crippen LogP contribution in [0.15, 0.2) is 0 Å². The van der Waals surface area contributed by atoms with Gasteiger partial charge in [0.1, 0.15) is 6.16 Å². The lowest BCUT2D eigenvalue weighted by Crippen LogP contribution is -1.91. The third kappa shape index (κ3) is 20.1. The summed E-state index contributed by atoms with van der Waals surface area (Å²) in [5.41, 5.74) is 0. The molecule has 3 heteroatoms. The van der Waals surface area contributed by atoms with Crippen molar-refractivity contribution in [3.63, 3.8) is 0 Å². The molecule has 0 aliphatic heterocycles. The van der Waals surface area contributed by atoms with Crippen molar-refractivity contribution < 1.29 is 9.46 Å². The second kappa shape index (κ2) is 18.1. The maximum atomic E-state index is 10.4. The van der Waals surface area contributed by atoms with Gasteiger partial charge in [-0.05, 0) is 12.8 Å². The van der Waals surface area contributed by atoms with Gasteiger partial charge in [-0.15, -0.1) is 0 Å². The van der Waals surface area contributed by atoms with Crippen molar-refractivity contribution in [1.29, 1.82) is 0 Å². The standard InChI is InChI=1S/C18H37O2P/c1-2-3-4-5-6-7-8-9-10-11-12-13-14-15-16-17-18-21(19)20/h2-18H2,1H3. The molecule has 0 fully saturated rings. The van der Waals surface area contributed by atoms with Gasteiger partial charge in [-0.25, -0.2) is 0 Å². The first-order valence-electron chi connectivity index (χ1n) is 9.39. The van der Waals surface area contributed by atoms with Gasteiger partial charge in [-0.3, -0.25) is 0 Å². The smallest absolute Gasteiger partial charge is 0.308 e. The summed E-state index contributed by atoms with van der Waals surface area (Å²) in [4.78, 5) is 10.4. The highest BCUT2D eigenvalue weighted by atomic mass is 31.1. The van der Waals surface area contributed by atoms with Crippen molar-refractivity contribution in [3.05, 3.63) is 0 Å². The molecular weight excluding hydrogens is 279 g/mol. The van der Waals surface area contributed by atoms with E-state index in [1.807, 2.05) is 0 Å². The molecule has 0 saturated carbocycles. The maximum absolute atomic E-state index is 10.4. The zero-order valence-corrected chi connectivity index (χ0v) is 15.2. The Morgan fingerprint density at radius 1 is 0.571 bits per heavy atom. The number of unbranched alkanes of at least 4 members (excludes halogenated alkanes) is 15. The highest BCUT2D eigenvalue weighted by Crippen LogP contribution is 2.15. The van der Waals surface area contributed by atoms with Gasteiger partial charge in [0.2, 0.25) is 0 Å². The van der Waals surface area contributed by atoms with Crippen LogP contribution >= 0.6 is 8.03 Å². The Morgan fingerprint density at radius 2 is 0.857 bits per heavy atom. The van der Waals surface area contributed by atoms with Crippen LogP contribution in [0.4, 0.5) is 0 Å². The van der Waals surface area contributed by atoms with Crippen molar-refractivity contribution in [2.75, 3.05) is 6.16 Å². The van der Waals surface area contributed by atoms with Crippen LogP contribution < -0.4 is 4.89 Å². The van der Waals surface area contributed by atoms with Gasteiger partial charge < -0.3 is 4.89 Å². The largest absolute Gasteiger partial charge is 0.596 e. The summed E-state index contributed by atoms with van der Waals surface area (Å²) in [7, 11) is -2.14. The topological polar surface area (TPSA) is 40.1 Å². The summed E-state index contributed by atoms with van der Waals surface area (Å²) >= 11 is 0. The highest BCUT2D eigenvalue weighted by molar-refractivity contribution is 7.36. The van der Waals surface area contributed by atoms with Gasteiger partial charge in [0.25, 0.3) is 0 Å². The summed E-state index contributed by atoms with van der Waals surface area (Å²) in [5.74, 6) is 0. The molecule has 21 heavy (non-hydrogen) atoms. The molecule has 0 N–H and O–H groups in total. The second-order valence-electron chi connectivity index (χ2n) is 6.36. The monoisotopic (exact) mass is 316 g/mol. The Bertz CT molecular complexity index is 219. The lowest BCUT2D eigenvalue weighted by atomic mass is 10.0. The molecule has 0 bridgehead atoms. The van der Waals surface area contributed by atoms with Crippen LogP contribution in [0.25, 0.3) is 0 Å².